The molecule has 0 radical (unpaired) electrons. The Morgan fingerprint density at radius 3 is 2.34 bits per heavy atom. The molecule has 0 saturated carbocycles. The van der Waals surface area contributed by atoms with E-state index in [0.717, 1.165) is 37.7 Å². The van der Waals surface area contributed by atoms with Crippen LogP contribution in [-0.4, -0.2) is 56.9 Å². The Labute approximate surface area is 188 Å². The number of piperidine rings is 1. The lowest BCUT2D eigenvalue weighted by Gasteiger charge is -2.29. The highest BCUT2D eigenvalue weighted by Gasteiger charge is 2.27. The van der Waals surface area contributed by atoms with E-state index in [1.54, 1.807) is 12.1 Å². The van der Waals surface area contributed by atoms with E-state index in [1.807, 2.05) is 19.1 Å². The van der Waals surface area contributed by atoms with E-state index in [0.29, 0.717) is 18.0 Å². The summed E-state index contributed by atoms with van der Waals surface area (Å²) in [5.41, 5.74) is 1.71. The molecule has 1 fully saturated rings. The first-order valence-corrected chi connectivity index (χ1v) is 9.78. The van der Waals surface area contributed by atoms with Crippen LogP contribution in [0.15, 0.2) is 29.3 Å². The molecule has 0 aromatic heterocycles. The van der Waals surface area contributed by atoms with Gasteiger partial charge in [-0.15, -0.1) is 24.0 Å². The van der Waals surface area contributed by atoms with Crippen molar-refractivity contribution in [2.45, 2.75) is 39.1 Å². The molecule has 1 aromatic rings. The molecule has 1 aliphatic rings. The van der Waals surface area contributed by atoms with Crippen LogP contribution in [0, 0.1) is 5.92 Å². The van der Waals surface area contributed by atoms with Crippen molar-refractivity contribution in [1.82, 2.24) is 15.5 Å². The Morgan fingerprint density at radius 2 is 1.76 bits per heavy atom. The first kappa shape index (κ1) is 26.0. The first-order valence-electron chi connectivity index (χ1n) is 9.78. The number of guanidine groups is 1. The lowest BCUT2D eigenvalue weighted by atomic mass is 9.97. The highest BCUT2D eigenvalue weighted by Crippen LogP contribution is 2.16. The summed E-state index contributed by atoms with van der Waals surface area (Å²) in [5, 5.41) is 6.68. The fraction of sp³-hybridized carbons (Fsp3) is 0.650. The number of hydrogen-bond acceptors (Lipinski definition) is 3. The zero-order chi connectivity index (χ0) is 20.4. The molecule has 166 valence electrons. The quantitative estimate of drug-likeness (QED) is 0.307. The van der Waals surface area contributed by atoms with Gasteiger partial charge in [0, 0.05) is 13.1 Å². The van der Waals surface area contributed by atoms with Crippen molar-refractivity contribution in [1.29, 1.82) is 0 Å². The van der Waals surface area contributed by atoms with Crippen LogP contribution < -0.4 is 10.6 Å². The van der Waals surface area contributed by atoms with E-state index in [2.05, 4.69) is 32.3 Å². The van der Waals surface area contributed by atoms with Crippen molar-refractivity contribution >= 4 is 29.9 Å². The van der Waals surface area contributed by atoms with Crippen LogP contribution in [0.4, 0.5) is 13.2 Å². The number of benzene rings is 1. The number of nitrogens with zero attached hydrogens (tertiary/aromatic N) is 2. The largest absolute Gasteiger partial charge is 0.411 e. The molecule has 0 spiro atoms. The van der Waals surface area contributed by atoms with Crippen molar-refractivity contribution in [3.8, 4) is 0 Å². The van der Waals surface area contributed by atoms with Gasteiger partial charge < -0.3 is 20.3 Å². The predicted molar refractivity (Wildman–Crippen MR) is 121 cm³/mol. The summed E-state index contributed by atoms with van der Waals surface area (Å²) >= 11 is 0. The summed E-state index contributed by atoms with van der Waals surface area (Å²) in [4.78, 5) is 6.97. The molecule has 0 amide bonds. The molecular weight excluding hydrogens is 496 g/mol. The summed E-state index contributed by atoms with van der Waals surface area (Å²) in [6, 6.07) is 7.30. The predicted octanol–water partition coefficient (Wildman–Crippen LogP) is 3.78. The minimum Gasteiger partial charge on any atom is -0.367 e. The van der Waals surface area contributed by atoms with Gasteiger partial charge in [0.1, 0.15) is 6.61 Å². The van der Waals surface area contributed by atoms with Crippen LogP contribution in [0.1, 0.15) is 30.9 Å². The van der Waals surface area contributed by atoms with Crippen LogP contribution in [0.3, 0.4) is 0 Å². The van der Waals surface area contributed by atoms with E-state index in [9.17, 15) is 13.2 Å². The van der Waals surface area contributed by atoms with Gasteiger partial charge in [0.05, 0.1) is 13.2 Å². The Kier molecular flexibility index (Phi) is 11.9. The highest BCUT2D eigenvalue weighted by atomic mass is 127. The monoisotopic (exact) mass is 528 g/mol. The van der Waals surface area contributed by atoms with Gasteiger partial charge in [-0.2, -0.15) is 13.2 Å². The molecule has 0 aliphatic carbocycles. The maximum absolute atomic E-state index is 12.1. The number of likely N-dealkylation sites (tertiary alicyclic amines) is 1. The van der Waals surface area contributed by atoms with Gasteiger partial charge in [-0.3, -0.25) is 0 Å². The van der Waals surface area contributed by atoms with Crippen molar-refractivity contribution in [2.24, 2.45) is 10.9 Å². The average molecular weight is 528 g/mol. The molecule has 5 nitrogen and oxygen atoms in total. The number of aliphatic imine (C=N–C) groups is 1. The van der Waals surface area contributed by atoms with Gasteiger partial charge in [-0.1, -0.05) is 24.3 Å². The van der Waals surface area contributed by atoms with Gasteiger partial charge in [-0.05, 0) is 56.9 Å². The van der Waals surface area contributed by atoms with Crippen molar-refractivity contribution in [3.05, 3.63) is 35.4 Å². The molecule has 2 N–H and O–H groups in total. The van der Waals surface area contributed by atoms with Gasteiger partial charge in [0.15, 0.2) is 5.96 Å². The minimum absolute atomic E-state index is 0. The second kappa shape index (κ2) is 13.3. The Hall–Kier alpha value is -1.07. The summed E-state index contributed by atoms with van der Waals surface area (Å²) < 4.78 is 41.0. The Morgan fingerprint density at radius 1 is 1.14 bits per heavy atom. The molecule has 9 heteroatoms. The third-order valence-corrected chi connectivity index (χ3v) is 4.72. The molecule has 0 bridgehead atoms. The van der Waals surface area contributed by atoms with E-state index in [1.165, 1.54) is 12.8 Å². The number of nitrogens with one attached hydrogen (secondary N) is 2. The molecule has 0 atom stereocenters. The van der Waals surface area contributed by atoms with E-state index in [4.69, 9.17) is 0 Å². The van der Waals surface area contributed by atoms with Gasteiger partial charge in [0.25, 0.3) is 0 Å². The van der Waals surface area contributed by atoms with Gasteiger partial charge in [0.2, 0.25) is 0 Å². The van der Waals surface area contributed by atoms with Crippen LogP contribution in [0.2, 0.25) is 0 Å². The van der Waals surface area contributed by atoms with Gasteiger partial charge in [-0.25, -0.2) is 4.99 Å². The Bertz CT molecular complexity index is 603. The molecular formula is C20H32F3IN4O. The zero-order valence-electron chi connectivity index (χ0n) is 17.1. The second-order valence-electron chi connectivity index (χ2n) is 7.25. The zero-order valence-corrected chi connectivity index (χ0v) is 19.4. The minimum atomic E-state index is -4.29. The van der Waals surface area contributed by atoms with E-state index in [-0.39, 0.29) is 30.6 Å². The summed E-state index contributed by atoms with van der Waals surface area (Å²) in [7, 11) is 2.16. The number of ether oxygens (including phenoxy) is 1. The maximum Gasteiger partial charge on any atom is 0.411 e. The number of rotatable bonds is 8. The van der Waals surface area contributed by atoms with Crippen molar-refractivity contribution in [2.75, 3.05) is 39.8 Å². The third-order valence-electron chi connectivity index (χ3n) is 4.72. The lowest BCUT2D eigenvalue weighted by Crippen LogP contribution is -2.42. The summed E-state index contributed by atoms with van der Waals surface area (Å²) in [6.07, 6.45) is -1.90. The second-order valence-corrected chi connectivity index (χ2v) is 7.25. The number of halogens is 4. The van der Waals surface area contributed by atoms with E-state index >= 15 is 0 Å². The van der Waals surface area contributed by atoms with Crippen LogP contribution >= 0.6 is 24.0 Å². The Balaban J connectivity index is 0.00000420. The average Bonchev–Trinajstić information content (AvgIpc) is 2.65. The van der Waals surface area contributed by atoms with Crippen LogP contribution in [0.25, 0.3) is 0 Å². The SMILES string of the molecule is CCNC(=NCc1ccc(COCC(F)(F)F)cc1)NCC1CCN(C)CC1.I. The standard InChI is InChI=1S/C20H31F3N4O.HI/c1-3-24-19(26-13-17-8-10-27(2)11-9-17)25-12-16-4-6-18(7-5-16)14-28-15-20(21,22)23;/h4-7,17H,3,8-15H2,1-2H3,(H2,24,25,26);1H. The number of hydrogen-bond donors (Lipinski definition) is 2. The van der Waals surface area contributed by atoms with E-state index < -0.39 is 12.8 Å². The van der Waals surface area contributed by atoms with Crippen LogP contribution in [-0.2, 0) is 17.9 Å². The summed E-state index contributed by atoms with van der Waals surface area (Å²) in [6.45, 7) is 5.23. The summed E-state index contributed by atoms with van der Waals surface area (Å²) in [5.74, 6) is 1.45. The smallest absolute Gasteiger partial charge is 0.367 e. The van der Waals surface area contributed by atoms with Crippen molar-refractivity contribution < 1.29 is 17.9 Å². The molecule has 1 heterocycles. The molecule has 1 saturated heterocycles. The fourth-order valence-electron chi connectivity index (χ4n) is 3.04. The fourth-order valence-corrected chi connectivity index (χ4v) is 3.04. The lowest BCUT2D eigenvalue weighted by molar-refractivity contribution is -0.176. The molecule has 1 aromatic carbocycles. The first-order chi connectivity index (χ1) is 13.4. The number of alkyl halides is 3. The molecule has 2 rings (SSSR count). The maximum atomic E-state index is 12.1. The normalized spacial score (nSPS) is 16.4. The topological polar surface area (TPSA) is 48.9 Å². The highest BCUT2D eigenvalue weighted by molar-refractivity contribution is 14.0. The molecule has 29 heavy (non-hydrogen) atoms. The van der Waals surface area contributed by atoms with Crippen LogP contribution in [0.5, 0.6) is 0 Å². The molecule has 0 unspecified atom stereocenters. The van der Waals surface area contributed by atoms with Gasteiger partial charge >= 0.3 is 6.18 Å². The molecule has 1 aliphatic heterocycles. The third kappa shape index (κ3) is 11.0. The van der Waals surface area contributed by atoms with Crippen molar-refractivity contribution in [3.63, 3.8) is 0 Å².